The van der Waals surface area contributed by atoms with Crippen molar-refractivity contribution in [2.45, 2.75) is 13.3 Å². The summed E-state index contributed by atoms with van der Waals surface area (Å²) in [4.78, 5) is 7.87. The first-order chi connectivity index (χ1) is 9.61. The van der Waals surface area contributed by atoms with Crippen molar-refractivity contribution in [1.82, 2.24) is 9.97 Å². The standard InChI is InChI=1S/C13H14F2N4O/c1-2-5-20-13-11(16)12(17-7-18-13)19-8-3-4-9(14)10(15)6-8/h3-4,6-7H,2,5,16H2,1H3,(H,17,18,19). The number of rotatable bonds is 5. The molecule has 0 fully saturated rings. The largest absolute Gasteiger partial charge is 0.476 e. The third-order valence-corrected chi connectivity index (χ3v) is 2.47. The van der Waals surface area contributed by atoms with Crippen LogP contribution in [-0.4, -0.2) is 16.6 Å². The Morgan fingerprint density at radius 1 is 1.25 bits per heavy atom. The third-order valence-electron chi connectivity index (χ3n) is 2.47. The quantitative estimate of drug-likeness (QED) is 0.881. The lowest BCUT2D eigenvalue weighted by Crippen LogP contribution is -2.06. The first-order valence-electron chi connectivity index (χ1n) is 6.07. The van der Waals surface area contributed by atoms with E-state index in [1.54, 1.807) is 0 Å². The number of halogens is 2. The lowest BCUT2D eigenvalue weighted by atomic mass is 10.3. The third kappa shape index (κ3) is 3.11. The van der Waals surface area contributed by atoms with Crippen LogP contribution in [0.25, 0.3) is 0 Å². The summed E-state index contributed by atoms with van der Waals surface area (Å²) in [6.07, 6.45) is 2.10. The Labute approximate surface area is 114 Å². The average molecular weight is 280 g/mol. The van der Waals surface area contributed by atoms with Gasteiger partial charge < -0.3 is 15.8 Å². The average Bonchev–Trinajstić information content (AvgIpc) is 2.44. The minimum atomic E-state index is -0.954. The van der Waals surface area contributed by atoms with Crippen LogP contribution in [0.15, 0.2) is 24.5 Å². The van der Waals surface area contributed by atoms with E-state index in [0.29, 0.717) is 12.3 Å². The second kappa shape index (κ2) is 6.14. The molecular weight excluding hydrogens is 266 g/mol. The molecule has 1 aromatic heterocycles. The number of nitrogens with zero attached hydrogens (tertiary/aromatic N) is 2. The molecule has 5 nitrogen and oxygen atoms in total. The Morgan fingerprint density at radius 2 is 2.05 bits per heavy atom. The van der Waals surface area contributed by atoms with E-state index < -0.39 is 11.6 Å². The molecule has 2 rings (SSSR count). The molecule has 1 heterocycles. The number of ether oxygens (including phenoxy) is 1. The summed E-state index contributed by atoms with van der Waals surface area (Å²) in [5.41, 5.74) is 6.40. The number of nitrogens with one attached hydrogen (secondary N) is 1. The molecule has 0 bridgehead atoms. The molecule has 0 unspecified atom stereocenters. The predicted octanol–water partition coefficient (Wildman–Crippen LogP) is 2.87. The monoisotopic (exact) mass is 280 g/mol. The van der Waals surface area contributed by atoms with Gasteiger partial charge in [-0.25, -0.2) is 13.8 Å². The van der Waals surface area contributed by atoms with Gasteiger partial charge in [0.1, 0.15) is 12.0 Å². The van der Waals surface area contributed by atoms with Gasteiger partial charge in [-0.05, 0) is 18.6 Å². The van der Waals surface area contributed by atoms with Gasteiger partial charge in [0.2, 0.25) is 5.88 Å². The van der Waals surface area contributed by atoms with E-state index in [9.17, 15) is 8.78 Å². The molecule has 0 atom stereocenters. The Morgan fingerprint density at radius 3 is 2.75 bits per heavy atom. The Hall–Kier alpha value is -2.44. The molecule has 0 amide bonds. The maximum atomic E-state index is 13.1. The first kappa shape index (κ1) is 14.0. The fraction of sp³-hybridized carbons (Fsp3) is 0.231. The maximum Gasteiger partial charge on any atom is 0.242 e. The van der Waals surface area contributed by atoms with Gasteiger partial charge in [0.15, 0.2) is 17.5 Å². The van der Waals surface area contributed by atoms with E-state index in [-0.39, 0.29) is 17.4 Å². The summed E-state index contributed by atoms with van der Waals surface area (Å²) in [6, 6.07) is 3.42. The van der Waals surface area contributed by atoms with Crippen molar-refractivity contribution in [3.8, 4) is 5.88 Å². The Bertz CT molecular complexity index is 607. The van der Waals surface area contributed by atoms with Crippen molar-refractivity contribution in [1.29, 1.82) is 0 Å². The molecule has 0 spiro atoms. The summed E-state index contributed by atoms with van der Waals surface area (Å²) in [5, 5.41) is 2.79. The van der Waals surface area contributed by atoms with Crippen LogP contribution in [0.1, 0.15) is 13.3 Å². The van der Waals surface area contributed by atoms with Gasteiger partial charge in [-0.1, -0.05) is 6.92 Å². The van der Waals surface area contributed by atoms with E-state index >= 15 is 0 Å². The lowest BCUT2D eigenvalue weighted by molar-refractivity contribution is 0.307. The van der Waals surface area contributed by atoms with Crippen molar-refractivity contribution in [3.05, 3.63) is 36.2 Å². The van der Waals surface area contributed by atoms with Crippen LogP contribution in [0.5, 0.6) is 5.88 Å². The van der Waals surface area contributed by atoms with Crippen LogP contribution in [0.3, 0.4) is 0 Å². The number of hydrogen-bond donors (Lipinski definition) is 2. The summed E-state index contributed by atoms with van der Waals surface area (Å²) < 4.78 is 31.3. The smallest absolute Gasteiger partial charge is 0.242 e. The molecule has 1 aromatic carbocycles. The van der Waals surface area contributed by atoms with Crippen molar-refractivity contribution in [2.24, 2.45) is 0 Å². The SMILES string of the molecule is CCCOc1ncnc(Nc2ccc(F)c(F)c2)c1N. The molecule has 3 N–H and O–H groups in total. The summed E-state index contributed by atoms with van der Waals surface area (Å²) in [7, 11) is 0. The van der Waals surface area contributed by atoms with E-state index in [2.05, 4.69) is 15.3 Å². The van der Waals surface area contributed by atoms with Gasteiger partial charge >= 0.3 is 0 Å². The number of benzene rings is 1. The van der Waals surface area contributed by atoms with Gasteiger partial charge in [-0.3, -0.25) is 0 Å². The zero-order valence-corrected chi connectivity index (χ0v) is 10.9. The van der Waals surface area contributed by atoms with Gasteiger partial charge in [-0.2, -0.15) is 4.98 Å². The topological polar surface area (TPSA) is 73.1 Å². The molecule has 0 saturated heterocycles. The number of nitrogens with two attached hydrogens (primary N) is 1. The molecule has 20 heavy (non-hydrogen) atoms. The molecule has 0 aliphatic rings. The second-order valence-electron chi connectivity index (χ2n) is 4.04. The highest BCUT2D eigenvalue weighted by atomic mass is 19.2. The highest BCUT2D eigenvalue weighted by molar-refractivity contribution is 5.72. The molecule has 0 aliphatic heterocycles. The minimum Gasteiger partial charge on any atom is -0.476 e. The first-order valence-corrected chi connectivity index (χ1v) is 6.07. The number of nitrogen functional groups attached to an aromatic ring is 1. The molecule has 0 aliphatic carbocycles. The van der Waals surface area contributed by atoms with Crippen molar-refractivity contribution in [2.75, 3.05) is 17.7 Å². The van der Waals surface area contributed by atoms with Gasteiger partial charge in [-0.15, -0.1) is 0 Å². The zero-order chi connectivity index (χ0) is 14.5. The van der Waals surface area contributed by atoms with Crippen molar-refractivity contribution in [3.63, 3.8) is 0 Å². The number of aromatic nitrogens is 2. The van der Waals surface area contributed by atoms with Crippen LogP contribution < -0.4 is 15.8 Å². The van der Waals surface area contributed by atoms with E-state index in [0.717, 1.165) is 18.6 Å². The van der Waals surface area contributed by atoms with Crippen molar-refractivity contribution < 1.29 is 13.5 Å². The molecule has 7 heteroatoms. The van der Waals surface area contributed by atoms with E-state index in [1.165, 1.54) is 12.4 Å². The van der Waals surface area contributed by atoms with Crippen LogP contribution in [0.4, 0.5) is 26.0 Å². The van der Waals surface area contributed by atoms with E-state index in [1.807, 2.05) is 6.92 Å². The summed E-state index contributed by atoms with van der Waals surface area (Å²) >= 11 is 0. The highest BCUT2D eigenvalue weighted by Gasteiger charge is 2.10. The fourth-order valence-corrected chi connectivity index (χ4v) is 1.50. The summed E-state index contributed by atoms with van der Waals surface area (Å²) in [5.74, 6) is -1.34. The normalized spacial score (nSPS) is 10.3. The Kier molecular flexibility index (Phi) is 4.29. The van der Waals surface area contributed by atoms with Gasteiger partial charge in [0.05, 0.1) is 6.61 Å². The number of anilines is 3. The fourth-order valence-electron chi connectivity index (χ4n) is 1.50. The maximum absolute atomic E-state index is 13.1. The Balaban J connectivity index is 2.22. The van der Waals surface area contributed by atoms with Crippen LogP contribution in [0.2, 0.25) is 0 Å². The van der Waals surface area contributed by atoms with Crippen LogP contribution in [-0.2, 0) is 0 Å². The zero-order valence-electron chi connectivity index (χ0n) is 10.9. The predicted molar refractivity (Wildman–Crippen MR) is 71.9 cm³/mol. The molecule has 2 aromatic rings. The molecule has 0 radical (unpaired) electrons. The minimum absolute atomic E-state index is 0.214. The van der Waals surface area contributed by atoms with Crippen LogP contribution in [0, 0.1) is 11.6 Å². The second-order valence-corrected chi connectivity index (χ2v) is 4.04. The summed E-state index contributed by atoms with van der Waals surface area (Å²) in [6.45, 7) is 2.43. The van der Waals surface area contributed by atoms with Gasteiger partial charge in [0, 0.05) is 11.8 Å². The van der Waals surface area contributed by atoms with Gasteiger partial charge in [0.25, 0.3) is 0 Å². The molecule has 0 saturated carbocycles. The molecular formula is C13H14F2N4O. The molecule has 106 valence electrons. The van der Waals surface area contributed by atoms with E-state index in [4.69, 9.17) is 10.5 Å². The highest BCUT2D eigenvalue weighted by Crippen LogP contribution is 2.27. The lowest BCUT2D eigenvalue weighted by Gasteiger charge is -2.11. The van der Waals surface area contributed by atoms with Crippen molar-refractivity contribution >= 4 is 17.2 Å². The number of hydrogen-bond acceptors (Lipinski definition) is 5. The van der Waals surface area contributed by atoms with Crippen LogP contribution >= 0.6 is 0 Å².